The van der Waals surface area contributed by atoms with Crippen molar-refractivity contribution in [2.75, 3.05) is 19.3 Å². The van der Waals surface area contributed by atoms with E-state index in [1.165, 1.54) is 12.8 Å². The second kappa shape index (κ2) is 7.26. The van der Waals surface area contributed by atoms with Crippen molar-refractivity contribution in [2.45, 2.75) is 17.9 Å². The molecule has 0 atom stereocenters. The van der Waals surface area contributed by atoms with E-state index >= 15 is 0 Å². The minimum absolute atomic E-state index is 1.04. The van der Waals surface area contributed by atoms with E-state index in [2.05, 4.69) is 26.2 Å². The zero-order valence-electron chi connectivity index (χ0n) is 8.29. The highest BCUT2D eigenvalue weighted by molar-refractivity contribution is 9.10. The van der Waals surface area contributed by atoms with E-state index in [1.807, 2.05) is 37.1 Å². The molecule has 0 saturated carbocycles. The Balaban J connectivity index is 2.15. The maximum absolute atomic E-state index is 4.30. The molecule has 0 bridgehead atoms. The molecule has 4 heteroatoms. The van der Waals surface area contributed by atoms with E-state index < -0.39 is 0 Å². The van der Waals surface area contributed by atoms with E-state index in [-0.39, 0.29) is 0 Å². The van der Waals surface area contributed by atoms with Crippen LogP contribution in [0.1, 0.15) is 12.8 Å². The summed E-state index contributed by atoms with van der Waals surface area (Å²) in [4.78, 5) is 4.30. The van der Waals surface area contributed by atoms with Crippen LogP contribution >= 0.6 is 27.7 Å². The Morgan fingerprint density at radius 2 is 2.29 bits per heavy atom. The summed E-state index contributed by atoms with van der Waals surface area (Å²) in [5.74, 6) is 1.15. The van der Waals surface area contributed by atoms with Crippen molar-refractivity contribution >= 4 is 27.7 Å². The topological polar surface area (TPSA) is 24.9 Å². The van der Waals surface area contributed by atoms with Crippen molar-refractivity contribution in [1.82, 2.24) is 10.3 Å². The van der Waals surface area contributed by atoms with Crippen molar-refractivity contribution in [3.63, 3.8) is 0 Å². The highest BCUT2D eigenvalue weighted by atomic mass is 79.9. The van der Waals surface area contributed by atoms with Gasteiger partial charge in [-0.15, -0.1) is 11.8 Å². The first kappa shape index (κ1) is 12.0. The number of nitrogens with zero attached hydrogens (tertiary/aromatic N) is 1. The number of unbranched alkanes of at least 4 members (excludes halogenated alkanes) is 1. The number of hydrogen-bond acceptors (Lipinski definition) is 3. The SMILES string of the molecule is CNCCCCSc1ccc(Br)cn1. The summed E-state index contributed by atoms with van der Waals surface area (Å²) in [6, 6.07) is 4.08. The monoisotopic (exact) mass is 274 g/mol. The number of rotatable bonds is 6. The van der Waals surface area contributed by atoms with Gasteiger partial charge in [-0.2, -0.15) is 0 Å². The molecule has 0 saturated heterocycles. The van der Waals surface area contributed by atoms with Crippen LogP contribution in [0.15, 0.2) is 27.8 Å². The third kappa shape index (κ3) is 4.98. The molecule has 14 heavy (non-hydrogen) atoms. The van der Waals surface area contributed by atoms with Crippen LogP contribution < -0.4 is 5.32 Å². The Bertz CT molecular complexity index is 251. The fourth-order valence-corrected chi connectivity index (χ4v) is 2.11. The summed E-state index contributed by atoms with van der Waals surface area (Å²) in [6.45, 7) is 1.11. The molecule has 0 spiro atoms. The Kier molecular flexibility index (Phi) is 6.23. The summed E-state index contributed by atoms with van der Waals surface area (Å²) in [6.07, 6.45) is 4.32. The predicted octanol–water partition coefficient (Wildman–Crippen LogP) is 2.94. The van der Waals surface area contributed by atoms with Gasteiger partial charge in [0.05, 0.1) is 5.03 Å². The Morgan fingerprint density at radius 3 is 2.93 bits per heavy atom. The molecule has 0 unspecified atom stereocenters. The van der Waals surface area contributed by atoms with Crippen LogP contribution in [0.25, 0.3) is 0 Å². The average Bonchev–Trinajstić information content (AvgIpc) is 2.21. The van der Waals surface area contributed by atoms with Gasteiger partial charge in [0, 0.05) is 10.7 Å². The summed E-state index contributed by atoms with van der Waals surface area (Å²) in [5.41, 5.74) is 0. The molecule has 0 fully saturated rings. The molecular weight excluding hydrogens is 260 g/mol. The molecule has 0 aromatic carbocycles. The van der Waals surface area contributed by atoms with E-state index in [0.717, 1.165) is 21.8 Å². The van der Waals surface area contributed by atoms with E-state index in [9.17, 15) is 0 Å². The molecule has 78 valence electrons. The highest BCUT2D eigenvalue weighted by Crippen LogP contribution is 2.18. The Labute approximate surface area is 98.0 Å². The standard InChI is InChI=1S/C10H15BrN2S/c1-12-6-2-3-7-14-10-5-4-9(11)8-13-10/h4-5,8,12H,2-3,6-7H2,1H3. The molecule has 0 aliphatic rings. The summed E-state index contributed by atoms with van der Waals surface area (Å²) in [5, 5.41) is 4.25. The minimum Gasteiger partial charge on any atom is -0.320 e. The summed E-state index contributed by atoms with van der Waals surface area (Å²) >= 11 is 5.19. The second-order valence-electron chi connectivity index (χ2n) is 2.97. The maximum Gasteiger partial charge on any atom is 0.0960 e. The molecule has 2 nitrogen and oxygen atoms in total. The first-order chi connectivity index (χ1) is 6.83. The van der Waals surface area contributed by atoms with Gasteiger partial charge in [0.1, 0.15) is 0 Å². The molecule has 1 rings (SSSR count). The third-order valence-electron chi connectivity index (χ3n) is 1.77. The smallest absolute Gasteiger partial charge is 0.0960 e. The number of nitrogens with one attached hydrogen (secondary N) is 1. The van der Waals surface area contributed by atoms with Gasteiger partial charge in [0.15, 0.2) is 0 Å². The van der Waals surface area contributed by atoms with Gasteiger partial charge >= 0.3 is 0 Å². The van der Waals surface area contributed by atoms with E-state index in [4.69, 9.17) is 0 Å². The molecular formula is C10H15BrN2S. The quantitative estimate of drug-likeness (QED) is 0.638. The Morgan fingerprint density at radius 1 is 1.43 bits per heavy atom. The van der Waals surface area contributed by atoms with Crippen molar-refractivity contribution < 1.29 is 0 Å². The minimum atomic E-state index is 1.04. The number of halogens is 1. The number of thioether (sulfide) groups is 1. The molecule has 1 heterocycles. The van der Waals surface area contributed by atoms with Crippen LogP contribution in [-0.4, -0.2) is 24.3 Å². The van der Waals surface area contributed by atoms with Gasteiger partial charge in [-0.05, 0) is 60.2 Å². The Hall–Kier alpha value is -0.0600. The van der Waals surface area contributed by atoms with Gasteiger partial charge in [-0.25, -0.2) is 4.98 Å². The largest absolute Gasteiger partial charge is 0.320 e. The van der Waals surface area contributed by atoms with Gasteiger partial charge in [0.2, 0.25) is 0 Å². The third-order valence-corrected chi connectivity index (χ3v) is 3.27. The van der Waals surface area contributed by atoms with Crippen molar-refractivity contribution in [2.24, 2.45) is 0 Å². The number of pyridine rings is 1. The molecule has 1 aromatic rings. The maximum atomic E-state index is 4.30. The molecule has 0 aliphatic heterocycles. The van der Waals surface area contributed by atoms with Crippen LogP contribution in [0.5, 0.6) is 0 Å². The lowest BCUT2D eigenvalue weighted by molar-refractivity contribution is 0.714. The summed E-state index contributed by atoms with van der Waals surface area (Å²) in [7, 11) is 1.99. The molecule has 0 aliphatic carbocycles. The van der Waals surface area contributed by atoms with Crippen LogP contribution in [0.3, 0.4) is 0 Å². The lowest BCUT2D eigenvalue weighted by Crippen LogP contribution is -2.07. The van der Waals surface area contributed by atoms with Crippen LogP contribution in [0.4, 0.5) is 0 Å². The average molecular weight is 275 g/mol. The highest BCUT2D eigenvalue weighted by Gasteiger charge is 1.95. The van der Waals surface area contributed by atoms with Gasteiger partial charge in [0.25, 0.3) is 0 Å². The van der Waals surface area contributed by atoms with Crippen LogP contribution in [-0.2, 0) is 0 Å². The second-order valence-corrected chi connectivity index (χ2v) is 5.00. The van der Waals surface area contributed by atoms with Gasteiger partial charge in [-0.3, -0.25) is 0 Å². The first-order valence-electron chi connectivity index (χ1n) is 4.72. The van der Waals surface area contributed by atoms with Gasteiger partial charge in [-0.1, -0.05) is 0 Å². The lowest BCUT2D eigenvalue weighted by atomic mass is 10.3. The van der Waals surface area contributed by atoms with Crippen molar-refractivity contribution in [1.29, 1.82) is 0 Å². The van der Waals surface area contributed by atoms with E-state index in [1.54, 1.807) is 0 Å². The molecule has 0 radical (unpaired) electrons. The molecule has 0 amide bonds. The number of aromatic nitrogens is 1. The lowest BCUT2D eigenvalue weighted by Gasteiger charge is -2.00. The van der Waals surface area contributed by atoms with Crippen LogP contribution in [0, 0.1) is 0 Å². The number of hydrogen-bond donors (Lipinski definition) is 1. The molecule has 1 N–H and O–H groups in total. The normalized spacial score (nSPS) is 10.4. The molecule has 1 aromatic heterocycles. The fourth-order valence-electron chi connectivity index (χ4n) is 1.03. The van der Waals surface area contributed by atoms with Gasteiger partial charge < -0.3 is 5.32 Å². The van der Waals surface area contributed by atoms with Crippen LogP contribution in [0.2, 0.25) is 0 Å². The fraction of sp³-hybridized carbons (Fsp3) is 0.500. The van der Waals surface area contributed by atoms with Crippen molar-refractivity contribution in [3.05, 3.63) is 22.8 Å². The van der Waals surface area contributed by atoms with E-state index in [0.29, 0.717) is 0 Å². The zero-order valence-corrected chi connectivity index (χ0v) is 10.7. The van der Waals surface area contributed by atoms with Crippen molar-refractivity contribution in [3.8, 4) is 0 Å². The first-order valence-corrected chi connectivity index (χ1v) is 6.50. The summed E-state index contributed by atoms with van der Waals surface area (Å²) < 4.78 is 1.04. The zero-order chi connectivity index (χ0) is 10.2. The predicted molar refractivity (Wildman–Crippen MR) is 65.8 cm³/mol.